The number of rotatable bonds is 1. The maximum atomic E-state index is 15.8. The van der Waals surface area contributed by atoms with E-state index in [4.69, 9.17) is 9.47 Å². The zero-order valence-corrected chi connectivity index (χ0v) is 25.6. The predicted molar refractivity (Wildman–Crippen MR) is 153 cm³/mol. The summed E-state index contributed by atoms with van der Waals surface area (Å²) in [6.45, 7) is 6.82. The number of carbonyl (C=O) groups excluding carboxylic acids is 2. The number of aliphatic carboxylic acids is 1. The second-order valence-electron chi connectivity index (χ2n) is 13.6. The highest BCUT2D eigenvalue weighted by Crippen LogP contribution is 2.41. The molecule has 1 aromatic heterocycles. The monoisotopic (exact) mass is 638 g/mol. The van der Waals surface area contributed by atoms with E-state index in [0.29, 0.717) is 31.4 Å². The summed E-state index contributed by atoms with van der Waals surface area (Å²) in [6.07, 6.45) is -1.02. The summed E-state index contributed by atoms with van der Waals surface area (Å²) in [7, 11) is 0. The van der Waals surface area contributed by atoms with Crippen LogP contribution in [-0.2, 0) is 20.2 Å². The first kappa shape index (κ1) is 32.7. The normalized spacial score (nSPS) is 29.6. The van der Waals surface area contributed by atoms with Crippen molar-refractivity contribution in [1.82, 2.24) is 20.2 Å². The molecule has 0 unspecified atom stereocenters. The Labute approximate surface area is 257 Å². The molecule has 0 spiro atoms. The van der Waals surface area contributed by atoms with Gasteiger partial charge in [0.25, 0.3) is 5.92 Å². The number of halogens is 4. The molecule has 3 heterocycles. The number of ether oxygens (including phenoxy) is 2. The van der Waals surface area contributed by atoms with Crippen LogP contribution in [-0.4, -0.2) is 68.8 Å². The second-order valence-corrected chi connectivity index (χ2v) is 13.6. The number of alkyl halides is 2. The summed E-state index contributed by atoms with van der Waals surface area (Å²) in [4.78, 5) is 48.3. The van der Waals surface area contributed by atoms with Crippen molar-refractivity contribution in [2.24, 2.45) is 17.3 Å². The Bertz CT molecular complexity index is 1480. The van der Waals surface area contributed by atoms with Gasteiger partial charge in [0.1, 0.15) is 24.3 Å². The summed E-state index contributed by atoms with van der Waals surface area (Å²) in [5, 5.41) is 12.7. The Balaban J connectivity index is 1.56. The van der Waals surface area contributed by atoms with Crippen LogP contribution in [0.1, 0.15) is 78.3 Å². The predicted octanol–water partition coefficient (Wildman–Crippen LogP) is 5.56. The molecule has 10 nitrogen and oxygen atoms in total. The van der Waals surface area contributed by atoms with Gasteiger partial charge in [0.15, 0.2) is 17.3 Å². The summed E-state index contributed by atoms with van der Waals surface area (Å²) in [5.74, 6) is -8.68. The Hall–Kier alpha value is -3.71. The number of carboxylic acid groups (broad SMARTS) is 1. The number of carbonyl (C=O) groups is 3. The lowest BCUT2D eigenvalue weighted by molar-refractivity contribution is -0.150. The molecule has 1 saturated heterocycles. The molecule has 0 radical (unpaired) electrons. The highest BCUT2D eigenvalue weighted by molar-refractivity contribution is 5.90. The van der Waals surface area contributed by atoms with Crippen molar-refractivity contribution >= 4 is 29.0 Å². The molecular formula is C31H38F4N4O6. The lowest BCUT2D eigenvalue weighted by atomic mass is 9.85. The SMILES string of the molecule is C[C@@H]1C[C@H]2CCCCC(F)(F)c3nc4cc(F)c(F)cc4nc3O[C@@H]3C[C@@H](C(=O)O)N(C3)C(=O)[C@H](C(C)(C)C)NC(=O)O[C@@H]2C1. The summed E-state index contributed by atoms with van der Waals surface area (Å²) < 4.78 is 71.3. The van der Waals surface area contributed by atoms with Crippen molar-refractivity contribution in [2.45, 2.75) is 103 Å². The number of hydrogen-bond donors (Lipinski definition) is 2. The molecule has 2 amide bonds. The molecule has 2 N–H and O–H groups in total. The topological polar surface area (TPSA) is 131 Å². The fourth-order valence-electron chi connectivity index (χ4n) is 6.65. The average Bonchev–Trinajstić information content (AvgIpc) is 3.51. The number of benzene rings is 1. The van der Waals surface area contributed by atoms with Crippen LogP contribution in [0.25, 0.3) is 11.0 Å². The average molecular weight is 639 g/mol. The van der Waals surface area contributed by atoms with E-state index >= 15 is 8.78 Å². The third-order valence-electron chi connectivity index (χ3n) is 8.94. The molecule has 5 rings (SSSR count). The van der Waals surface area contributed by atoms with Gasteiger partial charge in [-0.25, -0.2) is 28.3 Å². The first-order valence-electron chi connectivity index (χ1n) is 15.3. The van der Waals surface area contributed by atoms with Gasteiger partial charge in [0.2, 0.25) is 11.8 Å². The van der Waals surface area contributed by atoms with Crippen LogP contribution < -0.4 is 10.1 Å². The molecular weight excluding hydrogens is 600 g/mol. The third kappa shape index (κ3) is 6.94. The molecule has 1 aliphatic carbocycles. The largest absolute Gasteiger partial charge is 0.480 e. The maximum Gasteiger partial charge on any atom is 0.408 e. The van der Waals surface area contributed by atoms with E-state index in [1.54, 1.807) is 20.8 Å². The minimum atomic E-state index is -3.59. The first-order valence-corrected chi connectivity index (χ1v) is 15.3. The lowest BCUT2D eigenvalue weighted by Gasteiger charge is -2.35. The number of aromatic nitrogens is 2. The van der Waals surface area contributed by atoms with E-state index < -0.39 is 83.2 Å². The number of nitrogens with zero attached hydrogens (tertiary/aromatic N) is 3. The molecule has 14 heteroatoms. The summed E-state index contributed by atoms with van der Waals surface area (Å²) >= 11 is 0. The van der Waals surface area contributed by atoms with Gasteiger partial charge in [-0.15, -0.1) is 0 Å². The van der Waals surface area contributed by atoms with Crippen molar-refractivity contribution in [3.8, 4) is 5.88 Å². The highest BCUT2D eigenvalue weighted by atomic mass is 19.3. The molecule has 246 valence electrons. The third-order valence-corrected chi connectivity index (χ3v) is 8.94. The molecule has 2 bridgehead atoms. The lowest BCUT2D eigenvalue weighted by Crippen LogP contribution is -2.57. The number of alkyl carbamates (subject to hydrolysis) is 1. The summed E-state index contributed by atoms with van der Waals surface area (Å²) in [5.41, 5.74) is -2.27. The van der Waals surface area contributed by atoms with Gasteiger partial charge >= 0.3 is 12.1 Å². The molecule has 2 fully saturated rings. The highest BCUT2D eigenvalue weighted by Gasteiger charge is 2.47. The standard InChI is InChI=1S/C31H38F4N4O6/c1-15-9-16-7-5-6-8-31(34,35)24-26(37-21-13-19(33)18(32)12-20(21)36-24)44-17-11-22(28(41)42)39(14-17)27(40)25(30(2,3)4)38-29(43)45-23(16)10-15/h12-13,15-17,22-23,25H,5-11,14H2,1-4H3,(H,38,43)(H,41,42)/t15-,16-,17-,22+,23-,25-/m1/s1. The van der Waals surface area contributed by atoms with Gasteiger partial charge in [-0.05, 0) is 42.9 Å². The van der Waals surface area contributed by atoms with Gasteiger partial charge in [-0.2, -0.15) is 8.78 Å². The molecule has 45 heavy (non-hydrogen) atoms. The molecule has 2 aliphatic heterocycles. The van der Waals surface area contributed by atoms with Gasteiger partial charge in [0.05, 0.1) is 17.6 Å². The van der Waals surface area contributed by atoms with Crippen molar-refractivity contribution in [3.05, 3.63) is 29.5 Å². The quantitative estimate of drug-likeness (QED) is 0.388. The van der Waals surface area contributed by atoms with Gasteiger partial charge in [-0.3, -0.25) is 4.79 Å². The molecule has 2 aromatic rings. The maximum absolute atomic E-state index is 15.8. The van der Waals surface area contributed by atoms with E-state index in [0.717, 1.165) is 11.3 Å². The van der Waals surface area contributed by atoms with Crippen LogP contribution in [0.3, 0.4) is 0 Å². The van der Waals surface area contributed by atoms with Crippen molar-refractivity contribution in [1.29, 1.82) is 0 Å². The Morgan fingerprint density at radius 1 is 1.04 bits per heavy atom. The summed E-state index contributed by atoms with van der Waals surface area (Å²) in [6, 6.07) is -1.19. The minimum Gasteiger partial charge on any atom is -0.480 e. The van der Waals surface area contributed by atoms with Gasteiger partial charge in [-0.1, -0.05) is 34.1 Å². The molecule has 6 atom stereocenters. The number of nitrogens with one attached hydrogen (secondary N) is 1. The van der Waals surface area contributed by atoms with E-state index in [-0.39, 0.29) is 42.3 Å². The molecule has 3 aliphatic rings. The zero-order valence-electron chi connectivity index (χ0n) is 25.6. The van der Waals surface area contributed by atoms with Crippen molar-refractivity contribution in [2.75, 3.05) is 6.54 Å². The Morgan fingerprint density at radius 2 is 1.71 bits per heavy atom. The number of hydrogen-bond acceptors (Lipinski definition) is 7. The van der Waals surface area contributed by atoms with E-state index in [1.807, 2.05) is 6.92 Å². The van der Waals surface area contributed by atoms with E-state index in [2.05, 4.69) is 15.3 Å². The molecule has 1 saturated carbocycles. The van der Waals surface area contributed by atoms with E-state index in [1.165, 1.54) is 0 Å². The van der Waals surface area contributed by atoms with Crippen LogP contribution >= 0.6 is 0 Å². The van der Waals surface area contributed by atoms with Crippen molar-refractivity contribution < 1.29 is 46.5 Å². The van der Waals surface area contributed by atoms with Gasteiger partial charge < -0.3 is 24.8 Å². The van der Waals surface area contributed by atoms with Crippen LogP contribution in [0.5, 0.6) is 5.88 Å². The smallest absolute Gasteiger partial charge is 0.408 e. The first-order chi connectivity index (χ1) is 21.0. The number of fused-ring (bicyclic) bond motifs is 5. The van der Waals surface area contributed by atoms with Gasteiger partial charge in [0, 0.05) is 25.0 Å². The fourth-order valence-corrected chi connectivity index (χ4v) is 6.65. The Morgan fingerprint density at radius 3 is 2.36 bits per heavy atom. The van der Waals surface area contributed by atoms with Crippen LogP contribution in [0, 0.1) is 28.9 Å². The minimum absolute atomic E-state index is 0.0741. The zero-order chi connectivity index (χ0) is 32.8. The molecule has 1 aromatic carbocycles. The van der Waals surface area contributed by atoms with Crippen LogP contribution in [0.2, 0.25) is 0 Å². The van der Waals surface area contributed by atoms with Crippen LogP contribution in [0.4, 0.5) is 22.4 Å². The second kappa shape index (κ2) is 12.2. The Kier molecular flexibility index (Phi) is 8.89. The van der Waals surface area contributed by atoms with Crippen LogP contribution in [0.15, 0.2) is 12.1 Å². The van der Waals surface area contributed by atoms with E-state index in [9.17, 15) is 28.3 Å². The number of carboxylic acids is 1. The number of amides is 2. The fraction of sp³-hybridized carbons (Fsp3) is 0.645. The van der Waals surface area contributed by atoms with Crippen molar-refractivity contribution in [3.63, 3.8) is 0 Å².